The maximum atomic E-state index is 12.1. The fourth-order valence-electron chi connectivity index (χ4n) is 2.26. The van der Waals surface area contributed by atoms with E-state index in [2.05, 4.69) is 5.32 Å². The molecule has 2 aromatic rings. The third kappa shape index (κ3) is 6.17. The number of hydrogen-bond acceptors (Lipinski definition) is 4. The second kappa shape index (κ2) is 9.76. The summed E-state index contributed by atoms with van der Waals surface area (Å²) in [6, 6.07) is 14.0. The average Bonchev–Trinajstić information content (AvgIpc) is 2.61. The van der Waals surface area contributed by atoms with Crippen molar-refractivity contribution < 1.29 is 14.5 Å². The van der Waals surface area contributed by atoms with E-state index in [4.69, 9.17) is 16.3 Å². The fraction of sp³-hybridized carbons (Fsp3) is 0.278. The summed E-state index contributed by atoms with van der Waals surface area (Å²) in [5.41, 5.74) is 0.911. The first kappa shape index (κ1) is 18.9. The molecule has 1 amide bonds. The van der Waals surface area contributed by atoms with E-state index in [1.165, 1.54) is 23.8 Å². The summed E-state index contributed by atoms with van der Waals surface area (Å²) in [6.07, 6.45) is 1.46. The minimum absolute atomic E-state index is 0.000559. The Kier molecular flexibility index (Phi) is 7.37. The summed E-state index contributed by atoms with van der Waals surface area (Å²) in [5, 5.41) is 13.9. The maximum Gasteiger partial charge on any atom is 0.283 e. The molecule has 0 spiro atoms. The lowest BCUT2D eigenvalue weighted by Crippen LogP contribution is -2.26. The quantitative estimate of drug-likeness (QED) is 0.419. The molecule has 0 radical (unpaired) electrons. The van der Waals surface area contributed by atoms with Gasteiger partial charge in [0.05, 0.1) is 11.5 Å². The molecule has 0 aliphatic carbocycles. The number of halogens is 1. The molecule has 0 aliphatic rings. The molecular formula is C18H19ClN2O4. The van der Waals surface area contributed by atoms with Gasteiger partial charge in [0.2, 0.25) is 0 Å². The molecule has 25 heavy (non-hydrogen) atoms. The lowest BCUT2D eigenvalue weighted by atomic mass is 10.1. The van der Waals surface area contributed by atoms with Crippen LogP contribution in [0.1, 0.15) is 22.3 Å². The molecule has 0 fully saturated rings. The number of hydrogen-bond donors (Lipinski definition) is 1. The second-order valence-electron chi connectivity index (χ2n) is 5.38. The Morgan fingerprint density at radius 2 is 1.92 bits per heavy atom. The van der Waals surface area contributed by atoms with E-state index in [1.807, 2.05) is 30.3 Å². The highest BCUT2D eigenvalue weighted by molar-refractivity contribution is 6.31. The van der Waals surface area contributed by atoms with Gasteiger partial charge in [0.15, 0.2) is 0 Å². The summed E-state index contributed by atoms with van der Waals surface area (Å²) >= 11 is 5.73. The fourth-order valence-corrected chi connectivity index (χ4v) is 2.42. The van der Waals surface area contributed by atoms with Crippen molar-refractivity contribution in [3.8, 4) is 0 Å². The topological polar surface area (TPSA) is 81.5 Å². The molecule has 2 rings (SSSR count). The van der Waals surface area contributed by atoms with E-state index in [0.717, 1.165) is 6.42 Å². The van der Waals surface area contributed by atoms with E-state index in [9.17, 15) is 14.9 Å². The van der Waals surface area contributed by atoms with Gasteiger partial charge in [-0.2, -0.15) is 0 Å². The van der Waals surface area contributed by atoms with Crippen LogP contribution in [0.5, 0.6) is 0 Å². The van der Waals surface area contributed by atoms with Crippen molar-refractivity contribution in [1.82, 2.24) is 5.32 Å². The van der Waals surface area contributed by atoms with Crippen molar-refractivity contribution in [3.05, 3.63) is 74.8 Å². The number of nitrogens with zero attached hydrogens (tertiary/aromatic N) is 1. The van der Waals surface area contributed by atoms with Crippen molar-refractivity contribution in [3.63, 3.8) is 0 Å². The van der Waals surface area contributed by atoms with Gasteiger partial charge in [-0.3, -0.25) is 14.9 Å². The number of nitro benzene ring substituents is 1. The van der Waals surface area contributed by atoms with Crippen LogP contribution >= 0.6 is 11.6 Å². The molecule has 0 saturated carbocycles. The summed E-state index contributed by atoms with van der Waals surface area (Å²) in [7, 11) is 0. The highest BCUT2D eigenvalue weighted by atomic mass is 35.5. The van der Waals surface area contributed by atoms with Crippen LogP contribution in [-0.4, -0.2) is 30.6 Å². The lowest BCUT2D eigenvalue weighted by molar-refractivity contribution is -0.385. The molecule has 0 bridgehead atoms. The van der Waals surface area contributed by atoms with E-state index >= 15 is 0 Å². The van der Waals surface area contributed by atoms with Crippen molar-refractivity contribution in [2.24, 2.45) is 0 Å². The van der Waals surface area contributed by atoms with Crippen molar-refractivity contribution in [2.45, 2.75) is 12.8 Å². The normalized spacial score (nSPS) is 10.4. The monoisotopic (exact) mass is 362 g/mol. The first-order valence-electron chi connectivity index (χ1n) is 7.92. The minimum Gasteiger partial charge on any atom is -0.381 e. The number of amides is 1. The van der Waals surface area contributed by atoms with E-state index in [1.54, 1.807) is 0 Å². The number of nitro groups is 1. The summed E-state index contributed by atoms with van der Waals surface area (Å²) in [6.45, 7) is 1.50. The van der Waals surface area contributed by atoms with Crippen LogP contribution < -0.4 is 5.32 Å². The van der Waals surface area contributed by atoms with Gasteiger partial charge in [0, 0.05) is 24.2 Å². The highest BCUT2D eigenvalue weighted by Crippen LogP contribution is 2.23. The van der Waals surface area contributed by atoms with Crippen LogP contribution in [0.2, 0.25) is 5.02 Å². The van der Waals surface area contributed by atoms with Crippen LogP contribution in [0.15, 0.2) is 48.5 Å². The molecule has 132 valence electrons. The van der Waals surface area contributed by atoms with Gasteiger partial charge in [-0.05, 0) is 30.5 Å². The minimum atomic E-state index is -0.618. The molecular weight excluding hydrogens is 344 g/mol. The highest BCUT2D eigenvalue weighted by Gasteiger charge is 2.20. The summed E-state index contributed by atoms with van der Waals surface area (Å²) < 4.78 is 5.53. The first-order valence-corrected chi connectivity index (χ1v) is 8.29. The molecule has 0 atom stereocenters. The average molecular weight is 363 g/mol. The molecule has 0 heterocycles. The molecule has 2 aromatic carbocycles. The van der Waals surface area contributed by atoms with Crippen molar-refractivity contribution in [2.75, 3.05) is 19.8 Å². The third-order valence-electron chi connectivity index (χ3n) is 3.53. The number of rotatable bonds is 9. The Labute approximate surface area is 150 Å². The Morgan fingerprint density at radius 1 is 1.16 bits per heavy atom. The van der Waals surface area contributed by atoms with E-state index in [0.29, 0.717) is 26.2 Å². The van der Waals surface area contributed by atoms with E-state index in [-0.39, 0.29) is 16.3 Å². The Balaban J connectivity index is 1.68. The van der Waals surface area contributed by atoms with Gasteiger partial charge in [-0.15, -0.1) is 0 Å². The standard InChI is InChI=1S/C18H19ClN2O4/c19-15-7-8-16(17(13-15)21(23)24)18(22)20-10-4-11-25-12-9-14-5-2-1-3-6-14/h1-3,5-8,13H,4,9-12H2,(H,20,22). The lowest BCUT2D eigenvalue weighted by Gasteiger charge is -2.07. The van der Waals surface area contributed by atoms with Gasteiger partial charge in [0.25, 0.3) is 11.6 Å². The summed E-state index contributed by atoms with van der Waals surface area (Å²) in [5.74, 6) is -0.493. The van der Waals surface area contributed by atoms with Crippen LogP contribution in [0.4, 0.5) is 5.69 Å². The van der Waals surface area contributed by atoms with Crippen LogP contribution in [0.25, 0.3) is 0 Å². The smallest absolute Gasteiger partial charge is 0.283 e. The van der Waals surface area contributed by atoms with Gasteiger partial charge in [-0.25, -0.2) is 0 Å². The van der Waals surface area contributed by atoms with Crippen molar-refractivity contribution >= 4 is 23.2 Å². The van der Waals surface area contributed by atoms with Crippen LogP contribution in [0.3, 0.4) is 0 Å². The Bertz CT molecular complexity index is 722. The summed E-state index contributed by atoms with van der Waals surface area (Å²) in [4.78, 5) is 22.4. The number of carbonyl (C=O) groups is 1. The molecule has 0 unspecified atom stereocenters. The molecule has 6 nitrogen and oxygen atoms in total. The zero-order chi connectivity index (χ0) is 18.1. The Morgan fingerprint density at radius 3 is 2.64 bits per heavy atom. The molecule has 1 N–H and O–H groups in total. The van der Waals surface area contributed by atoms with E-state index < -0.39 is 10.8 Å². The van der Waals surface area contributed by atoms with Crippen LogP contribution in [-0.2, 0) is 11.2 Å². The Hall–Kier alpha value is -2.44. The molecule has 0 aromatic heterocycles. The van der Waals surface area contributed by atoms with Gasteiger partial charge in [0.1, 0.15) is 5.56 Å². The number of carbonyl (C=O) groups excluding carboxylic acids is 1. The largest absolute Gasteiger partial charge is 0.381 e. The SMILES string of the molecule is O=C(NCCCOCCc1ccccc1)c1ccc(Cl)cc1[N+](=O)[O-]. The second-order valence-corrected chi connectivity index (χ2v) is 5.81. The van der Waals surface area contributed by atoms with Crippen molar-refractivity contribution in [1.29, 1.82) is 0 Å². The van der Waals surface area contributed by atoms with Gasteiger partial charge >= 0.3 is 0 Å². The van der Waals surface area contributed by atoms with Crippen LogP contribution in [0, 0.1) is 10.1 Å². The maximum absolute atomic E-state index is 12.1. The van der Waals surface area contributed by atoms with Gasteiger partial charge in [-0.1, -0.05) is 41.9 Å². The number of benzene rings is 2. The predicted molar refractivity (Wildman–Crippen MR) is 96.0 cm³/mol. The predicted octanol–water partition coefficient (Wildman–Crippen LogP) is 3.63. The molecule has 7 heteroatoms. The molecule has 0 aliphatic heterocycles. The number of nitrogens with one attached hydrogen (secondary N) is 1. The first-order chi connectivity index (χ1) is 12.1. The number of ether oxygens (including phenoxy) is 1. The third-order valence-corrected chi connectivity index (χ3v) is 3.77. The zero-order valence-electron chi connectivity index (χ0n) is 13.6. The molecule has 0 saturated heterocycles. The van der Waals surface area contributed by atoms with Gasteiger partial charge < -0.3 is 10.1 Å². The zero-order valence-corrected chi connectivity index (χ0v) is 14.4.